The quantitative estimate of drug-likeness (QED) is 0.467. The molecule has 1 fully saturated rings. The van der Waals surface area contributed by atoms with Gasteiger partial charge in [0.05, 0.1) is 0 Å². The van der Waals surface area contributed by atoms with Crippen LogP contribution in [-0.2, 0) is 4.57 Å². The van der Waals surface area contributed by atoms with E-state index >= 15 is 0 Å². The second kappa shape index (κ2) is 8.71. The molecule has 0 aliphatic heterocycles. The van der Waals surface area contributed by atoms with Crippen LogP contribution in [0.5, 0.6) is 5.75 Å². The third kappa shape index (κ3) is 5.67. The molecule has 0 atom stereocenters. The van der Waals surface area contributed by atoms with Gasteiger partial charge in [0.1, 0.15) is 5.75 Å². The van der Waals surface area contributed by atoms with Gasteiger partial charge in [-0.15, -0.1) is 0 Å². The van der Waals surface area contributed by atoms with Gasteiger partial charge in [-0.2, -0.15) is 0 Å². The maximum atomic E-state index is 11.0. The van der Waals surface area contributed by atoms with Crippen molar-refractivity contribution in [2.24, 2.45) is 0 Å². The monoisotopic (exact) mass is 384 g/mol. The highest BCUT2D eigenvalue weighted by Gasteiger charge is 2.14. The third-order valence-corrected chi connectivity index (χ3v) is 5.41. The highest BCUT2D eigenvalue weighted by Crippen LogP contribution is 2.37. The Balaban J connectivity index is 2.00. The van der Waals surface area contributed by atoms with Crippen molar-refractivity contribution in [1.29, 1.82) is 0 Å². The van der Waals surface area contributed by atoms with Crippen molar-refractivity contribution in [2.75, 3.05) is 0 Å². The maximum absolute atomic E-state index is 11.0. The van der Waals surface area contributed by atoms with Crippen molar-refractivity contribution in [2.45, 2.75) is 38.5 Å². The van der Waals surface area contributed by atoms with Crippen molar-refractivity contribution in [3.63, 3.8) is 0 Å². The number of benzene rings is 2. The fraction of sp³-hybridized carbons (Fsp3) is 0.273. The molecule has 0 radical (unpaired) electrons. The first-order valence-corrected chi connectivity index (χ1v) is 11.0. The van der Waals surface area contributed by atoms with Crippen LogP contribution in [0.25, 0.3) is 11.6 Å². The molecular weight excluding hydrogens is 359 g/mol. The lowest BCUT2D eigenvalue weighted by Crippen LogP contribution is -1.95. The summed E-state index contributed by atoms with van der Waals surface area (Å²) in [7, 11) is -4.15. The van der Waals surface area contributed by atoms with Crippen molar-refractivity contribution in [3.05, 3.63) is 76.6 Å². The molecule has 1 aliphatic rings. The van der Waals surface area contributed by atoms with Crippen molar-refractivity contribution >= 4 is 19.2 Å². The van der Waals surface area contributed by atoms with Crippen LogP contribution >= 0.6 is 7.60 Å². The third-order valence-electron chi connectivity index (χ3n) is 4.88. The lowest BCUT2D eigenvalue weighted by molar-refractivity contribution is 0.386. The Morgan fingerprint density at radius 2 is 1.33 bits per heavy atom. The van der Waals surface area contributed by atoms with Gasteiger partial charge in [0, 0.05) is 5.82 Å². The number of phenolic OH excluding ortho intramolecular Hbond substituents is 1. The fourth-order valence-corrected chi connectivity index (χ4v) is 3.92. The largest absolute Gasteiger partial charge is 0.508 e. The van der Waals surface area contributed by atoms with Crippen molar-refractivity contribution < 1.29 is 19.5 Å². The topological polar surface area (TPSA) is 77.8 Å². The van der Waals surface area contributed by atoms with Crippen LogP contribution in [0.4, 0.5) is 0 Å². The van der Waals surface area contributed by atoms with E-state index in [1.165, 1.54) is 42.9 Å². The summed E-state index contributed by atoms with van der Waals surface area (Å²) in [4.78, 5) is 18.0. The molecule has 1 aliphatic carbocycles. The standard InChI is InChI=1S/C22H25O4P/c23-21-13-11-20(12-14-21)22(18-5-3-1-2-4-6-18)19-9-7-17(8-10-19)15-16-27(24,25)26/h7-16,23H,1-6H2,(H2,24,25,26)/b16-15+. The first-order valence-electron chi connectivity index (χ1n) is 9.29. The van der Waals surface area contributed by atoms with Crippen LogP contribution in [-0.4, -0.2) is 14.9 Å². The number of allylic oxidation sites excluding steroid dienone is 1. The van der Waals surface area contributed by atoms with Crippen LogP contribution < -0.4 is 0 Å². The van der Waals surface area contributed by atoms with Gasteiger partial charge in [-0.1, -0.05) is 54.8 Å². The van der Waals surface area contributed by atoms with E-state index in [2.05, 4.69) is 0 Å². The zero-order valence-corrected chi connectivity index (χ0v) is 16.1. The molecule has 0 spiro atoms. The molecule has 0 aromatic heterocycles. The number of hydrogen-bond donors (Lipinski definition) is 3. The summed E-state index contributed by atoms with van der Waals surface area (Å²) in [5, 5.41) is 9.64. The second-order valence-corrected chi connectivity index (χ2v) is 8.44. The van der Waals surface area contributed by atoms with E-state index in [9.17, 15) is 9.67 Å². The van der Waals surface area contributed by atoms with Crippen LogP contribution in [0.15, 0.2) is 59.9 Å². The molecule has 2 aromatic rings. The van der Waals surface area contributed by atoms with Gasteiger partial charge < -0.3 is 14.9 Å². The molecule has 0 amide bonds. The Labute approximate surface area is 160 Å². The first-order chi connectivity index (χ1) is 12.9. The summed E-state index contributed by atoms with van der Waals surface area (Å²) in [6, 6.07) is 15.1. The molecule has 27 heavy (non-hydrogen) atoms. The first kappa shape index (κ1) is 19.6. The predicted molar refractivity (Wildman–Crippen MR) is 109 cm³/mol. The molecule has 3 rings (SSSR count). The van der Waals surface area contributed by atoms with Gasteiger partial charge in [0.2, 0.25) is 0 Å². The molecule has 1 saturated carbocycles. The van der Waals surface area contributed by atoms with E-state index < -0.39 is 7.60 Å². The van der Waals surface area contributed by atoms with Crippen molar-refractivity contribution in [3.8, 4) is 5.75 Å². The Morgan fingerprint density at radius 1 is 0.815 bits per heavy atom. The van der Waals surface area contributed by atoms with Crippen LogP contribution in [0.3, 0.4) is 0 Å². The van der Waals surface area contributed by atoms with E-state index in [0.29, 0.717) is 0 Å². The van der Waals surface area contributed by atoms with Crippen LogP contribution in [0.2, 0.25) is 0 Å². The zero-order valence-electron chi connectivity index (χ0n) is 15.2. The highest BCUT2D eigenvalue weighted by molar-refractivity contribution is 7.55. The predicted octanol–water partition coefficient (Wildman–Crippen LogP) is 5.70. The molecule has 0 saturated heterocycles. The maximum Gasteiger partial charge on any atom is 0.349 e. The van der Waals surface area contributed by atoms with E-state index in [0.717, 1.165) is 35.3 Å². The number of phenols is 1. The van der Waals surface area contributed by atoms with E-state index in [1.807, 2.05) is 36.4 Å². The zero-order chi connectivity index (χ0) is 19.3. The molecule has 142 valence electrons. The molecule has 0 heterocycles. The summed E-state index contributed by atoms with van der Waals surface area (Å²) >= 11 is 0. The minimum absolute atomic E-state index is 0.252. The van der Waals surface area contributed by atoms with Gasteiger partial charge in [-0.3, -0.25) is 4.57 Å². The van der Waals surface area contributed by atoms with Crippen LogP contribution in [0.1, 0.15) is 55.2 Å². The molecule has 0 bridgehead atoms. The van der Waals surface area contributed by atoms with Crippen LogP contribution in [0, 0.1) is 0 Å². The molecule has 5 heteroatoms. The van der Waals surface area contributed by atoms with Gasteiger partial charge in [-0.05, 0) is 66.2 Å². The summed E-state index contributed by atoms with van der Waals surface area (Å²) in [6.45, 7) is 0. The number of aromatic hydroxyl groups is 1. The second-order valence-electron chi connectivity index (χ2n) is 6.97. The lowest BCUT2D eigenvalue weighted by Gasteiger charge is -2.16. The Hall–Kier alpha value is -2.13. The molecule has 2 aromatic carbocycles. The SMILES string of the molecule is O=P(O)(O)/C=C/c1ccc(C(=C2CCCCCC2)c2ccc(O)cc2)cc1. The Bertz CT molecular complexity index is 864. The minimum atomic E-state index is -4.15. The van der Waals surface area contributed by atoms with E-state index in [4.69, 9.17) is 9.79 Å². The van der Waals surface area contributed by atoms with E-state index in [-0.39, 0.29) is 5.75 Å². The van der Waals surface area contributed by atoms with Gasteiger partial charge in [0.15, 0.2) is 0 Å². The summed E-state index contributed by atoms with van der Waals surface area (Å²) in [5.41, 5.74) is 5.58. The minimum Gasteiger partial charge on any atom is -0.508 e. The van der Waals surface area contributed by atoms with Gasteiger partial charge >= 0.3 is 7.60 Å². The summed E-state index contributed by atoms with van der Waals surface area (Å²) < 4.78 is 11.0. The van der Waals surface area contributed by atoms with Crippen molar-refractivity contribution in [1.82, 2.24) is 0 Å². The highest BCUT2D eigenvalue weighted by atomic mass is 31.2. The smallest absolute Gasteiger partial charge is 0.349 e. The van der Waals surface area contributed by atoms with E-state index in [1.54, 1.807) is 12.1 Å². The average Bonchev–Trinajstić information content (AvgIpc) is 2.92. The molecular formula is C22H25O4P. The Morgan fingerprint density at radius 3 is 1.85 bits per heavy atom. The normalized spacial score (nSPS) is 15.7. The fourth-order valence-electron chi connectivity index (χ4n) is 3.55. The van der Waals surface area contributed by atoms with Gasteiger partial charge in [0.25, 0.3) is 0 Å². The molecule has 3 N–H and O–H groups in total. The summed E-state index contributed by atoms with van der Waals surface area (Å²) in [5.74, 6) is 1.18. The Kier molecular flexibility index (Phi) is 6.33. The lowest BCUT2D eigenvalue weighted by atomic mass is 9.89. The number of hydrogen-bond acceptors (Lipinski definition) is 2. The molecule has 4 nitrogen and oxygen atoms in total. The number of rotatable bonds is 4. The van der Waals surface area contributed by atoms with Gasteiger partial charge in [-0.25, -0.2) is 0 Å². The summed E-state index contributed by atoms with van der Waals surface area (Å²) in [6.07, 6.45) is 8.52. The average molecular weight is 384 g/mol. The molecule has 0 unspecified atom stereocenters.